The first-order valence-electron chi connectivity index (χ1n) is 7.78. The third kappa shape index (κ3) is 3.84. The summed E-state index contributed by atoms with van der Waals surface area (Å²) in [7, 11) is 0. The number of likely N-dealkylation sites (tertiary alicyclic amines) is 1. The van der Waals surface area contributed by atoms with Crippen LogP contribution in [0.5, 0.6) is 0 Å². The molecule has 0 aliphatic carbocycles. The fraction of sp³-hybridized carbons (Fsp3) is 0.316. The second-order valence-electron chi connectivity index (χ2n) is 5.89. The average Bonchev–Trinajstić information content (AvgIpc) is 2.57. The van der Waals surface area contributed by atoms with Crippen molar-refractivity contribution >= 4 is 21.7 Å². The van der Waals surface area contributed by atoms with Gasteiger partial charge >= 0.3 is 0 Å². The number of carbonyl (C=O) groups is 1. The molecule has 114 valence electrons. The van der Waals surface area contributed by atoms with Crippen molar-refractivity contribution in [1.82, 2.24) is 4.90 Å². The molecular formula is C19H20BrNO. The summed E-state index contributed by atoms with van der Waals surface area (Å²) in [6.07, 6.45) is 2.27. The van der Waals surface area contributed by atoms with Gasteiger partial charge in [0.2, 0.25) is 0 Å². The minimum Gasteiger partial charge on any atom is -0.296 e. The van der Waals surface area contributed by atoms with Crippen molar-refractivity contribution < 1.29 is 4.79 Å². The highest BCUT2D eigenvalue weighted by molar-refractivity contribution is 9.10. The van der Waals surface area contributed by atoms with Crippen LogP contribution in [0.2, 0.25) is 0 Å². The van der Waals surface area contributed by atoms with Gasteiger partial charge in [0.15, 0.2) is 5.78 Å². The first kappa shape index (κ1) is 15.4. The first-order chi connectivity index (χ1) is 10.7. The van der Waals surface area contributed by atoms with Gasteiger partial charge in [0.1, 0.15) is 0 Å². The molecule has 0 spiro atoms. The Hall–Kier alpha value is -1.45. The number of hydrogen-bond acceptors (Lipinski definition) is 2. The second kappa shape index (κ2) is 7.21. The van der Waals surface area contributed by atoms with Gasteiger partial charge in [-0.05, 0) is 49.5 Å². The predicted molar refractivity (Wildman–Crippen MR) is 93.3 cm³/mol. The van der Waals surface area contributed by atoms with Crippen LogP contribution in [0, 0.1) is 0 Å². The van der Waals surface area contributed by atoms with Crippen LogP contribution in [0.1, 0.15) is 34.7 Å². The van der Waals surface area contributed by atoms with Crippen LogP contribution in [0.15, 0.2) is 59.1 Å². The number of halogens is 1. The molecule has 0 radical (unpaired) electrons. The molecule has 1 heterocycles. The van der Waals surface area contributed by atoms with Gasteiger partial charge in [0.05, 0.1) is 6.54 Å². The molecule has 2 aromatic rings. The minimum atomic E-state index is 0.214. The monoisotopic (exact) mass is 357 g/mol. The van der Waals surface area contributed by atoms with Crippen LogP contribution in [-0.4, -0.2) is 30.3 Å². The summed E-state index contributed by atoms with van der Waals surface area (Å²) < 4.78 is 1.01. The molecule has 0 N–H and O–H groups in total. The van der Waals surface area contributed by atoms with Crippen LogP contribution in [0.3, 0.4) is 0 Å². The molecule has 2 aromatic carbocycles. The van der Waals surface area contributed by atoms with Crippen LogP contribution >= 0.6 is 15.9 Å². The highest BCUT2D eigenvalue weighted by Gasteiger charge is 2.22. The van der Waals surface area contributed by atoms with E-state index in [1.54, 1.807) is 0 Å². The summed E-state index contributed by atoms with van der Waals surface area (Å²) in [6, 6.07) is 18.4. The lowest BCUT2D eigenvalue weighted by Gasteiger charge is -2.31. The SMILES string of the molecule is O=C(CN1CCC(c2ccccc2)CC1)c1ccc(Br)cc1. The first-order valence-corrected chi connectivity index (χ1v) is 8.58. The zero-order valence-electron chi connectivity index (χ0n) is 12.5. The van der Waals surface area contributed by atoms with Crippen molar-refractivity contribution in [1.29, 1.82) is 0 Å². The Balaban J connectivity index is 1.53. The van der Waals surface area contributed by atoms with E-state index in [1.807, 2.05) is 24.3 Å². The van der Waals surface area contributed by atoms with E-state index >= 15 is 0 Å². The Morgan fingerprint density at radius 2 is 1.64 bits per heavy atom. The van der Waals surface area contributed by atoms with Gasteiger partial charge in [-0.3, -0.25) is 9.69 Å². The number of rotatable bonds is 4. The molecule has 1 saturated heterocycles. The molecule has 0 amide bonds. The maximum Gasteiger partial charge on any atom is 0.176 e. The Morgan fingerprint density at radius 1 is 1.00 bits per heavy atom. The quantitative estimate of drug-likeness (QED) is 0.750. The number of piperidine rings is 1. The van der Waals surface area contributed by atoms with E-state index < -0.39 is 0 Å². The molecule has 3 heteroatoms. The van der Waals surface area contributed by atoms with E-state index in [0.717, 1.165) is 36.0 Å². The second-order valence-corrected chi connectivity index (χ2v) is 6.81. The molecule has 0 bridgehead atoms. The van der Waals surface area contributed by atoms with Crippen LogP contribution in [0.4, 0.5) is 0 Å². The molecule has 0 unspecified atom stereocenters. The highest BCUT2D eigenvalue weighted by Crippen LogP contribution is 2.27. The molecule has 2 nitrogen and oxygen atoms in total. The minimum absolute atomic E-state index is 0.214. The molecule has 22 heavy (non-hydrogen) atoms. The lowest BCUT2D eigenvalue weighted by atomic mass is 9.89. The molecule has 0 saturated carbocycles. The Bertz CT molecular complexity index is 616. The van der Waals surface area contributed by atoms with Gasteiger partial charge in [0.25, 0.3) is 0 Å². The zero-order chi connectivity index (χ0) is 15.4. The normalized spacial score (nSPS) is 16.6. The number of nitrogens with zero attached hydrogens (tertiary/aromatic N) is 1. The van der Waals surface area contributed by atoms with Crippen molar-refractivity contribution in [3.63, 3.8) is 0 Å². The number of hydrogen-bond donors (Lipinski definition) is 0. The largest absolute Gasteiger partial charge is 0.296 e. The summed E-state index contributed by atoms with van der Waals surface area (Å²) in [5, 5.41) is 0. The topological polar surface area (TPSA) is 20.3 Å². The summed E-state index contributed by atoms with van der Waals surface area (Å²) in [5.41, 5.74) is 2.23. The number of Topliss-reactive ketones (excluding diaryl/α,β-unsaturated/α-hetero) is 1. The Morgan fingerprint density at radius 3 is 2.27 bits per heavy atom. The molecule has 0 atom stereocenters. The van der Waals surface area contributed by atoms with E-state index in [0.29, 0.717) is 12.5 Å². The standard InChI is InChI=1S/C19H20BrNO/c20-18-8-6-17(7-9-18)19(22)14-21-12-10-16(11-13-21)15-4-2-1-3-5-15/h1-9,16H,10-14H2. The van der Waals surface area contributed by atoms with Crippen molar-refractivity contribution in [2.45, 2.75) is 18.8 Å². The van der Waals surface area contributed by atoms with Gasteiger partial charge in [-0.25, -0.2) is 0 Å². The third-order valence-corrected chi connectivity index (χ3v) is 4.92. The predicted octanol–water partition coefficient (Wildman–Crippen LogP) is 4.51. The van der Waals surface area contributed by atoms with Crippen molar-refractivity contribution in [3.8, 4) is 0 Å². The molecule has 1 aliphatic heterocycles. The third-order valence-electron chi connectivity index (χ3n) is 4.39. The number of benzene rings is 2. The van der Waals surface area contributed by atoms with Crippen LogP contribution in [0.25, 0.3) is 0 Å². The Labute approximate surface area is 140 Å². The molecule has 0 aromatic heterocycles. The van der Waals surface area contributed by atoms with Gasteiger partial charge in [0, 0.05) is 10.0 Å². The number of carbonyl (C=O) groups excluding carboxylic acids is 1. The lowest BCUT2D eigenvalue weighted by Crippen LogP contribution is -2.36. The molecule has 3 rings (SSSR count). The fourth-order valence-electron chi connectivity index (χ4n) is 3.08. The van der Waals surface area contributed by atoms with Crippen LogP contribution in [-0.2, 0) is 0 Å². The van der Waals surface area contributed by atoms with Crippen LogP contribution < -0.4 is 0 Å². The summed E-state index contributed by atoms with van der Waals surface area (Å²) in [6.45, 7) is 2.53. The van der Waals surface area contributed by atoms with Crippen molar-refractivity contribution in [2.75, 3.05) is 19.6 Å². The van der Waals surface area contributed by atoms with E-state index in [9.17, 15) is 4.79 Å². The lowest BCUT2D eigenvalue weighted by molar-refractivity contribution is 0.0909. The van der Waals surface area contributed by atoms with E-state index in [-0.39, 0.29) is 5.78 Å². The average molecular weight is 358 g/mol. The summed E-state index contributed by atoms with van der Waals surface area (Å²) in [5.74, 6) is 0.853. The smallest absolute Gasteiger partial charge is 0.176 e. The van der Waals surface area contributed by atoms with E-state index in [2.05, 4.69) is 51.2 Å². The molecule has 1 aliphatic rings. The number of ketones is 1. The Kier molecular flexibility index (Phi) is 5.06. The zero-order valence-corrected chi connectivity index (χ0v) is 14.1. The molecular weight excluding hydrogens is 338 g/mol. The molecule has 1 fully saturated rings. The van der Waals surface area contributed by atoms with E-state index in [4.69, 9.17) is 0 Å². The van der Waals surface area contributed by atoms with Gasteiger partial charge < -0.3 is 0 Å². The fourth-order valence-corrected chi connectivity index (χ4v) is 3.34. The summed E-state index contributed by atoms with van der Waals surface area (Å²) in [4.78, 5) is 14.6. The maximum absolute atomic E-state index is 12.3. The van der Waals surface area contributed by atoms with E-state index in [1.165, 1.54) is 5.56 Å². The van der Waals surface area contributed by atoms with Gasteiger partial charge in [-0.1, -0.05) is 58.4 Å². The summed E-state index contributed by atoms with van der Waals surface area (Å²) >= 11 is 3.40. The maximum atomic E-state index is 12.3. The van der Waals surface area contributed by atoms with Gasteiger partial charge in [-0.15, -0.1) is 0 Å². The van der Waals surface area contributed by atoms with Gasteiger partial charge in [-0.2, -0.15) is 0 Å². The van der Waals surface area contributed by atoms with Crippen molar-refractivity contribution in [3.05, 3.63) is 70.2 Å². The van der Waals surface area contributed by atoms with Crippen molar-refractivity contribution in [2.24, 2.45) is 0 Å². The highest BCUT2D eigenvalue weighted by atomic mass is 79.9.